The highest BCUT2D eigenvalue weighted by Gasteiger charge is 2.39. The van der Waals surface area contributed by atoms with E-state index in [0.29, 0.717) is 42.8 Å². The van der Waals surface area contributed by atoms with E-state index in [1.807, 2.05) is 4.90 Å². The summed E-state index contributed by atoms with van der Waals surface area (Å²) < 4.78 is 0. The minimum Gasteiger partial charge on any atom is -0.370 e. The van der Waals surface area contributed by atoms with Crippen LogP contribution >= 0.6 is 24.0 Å². The number of halogens is 1. The van der Waals surface area contributed by atoms with Crippen molar-refractivity contribution in [1.82, 2.24) is 15.1 Å². The Labute approximate surface area is 156 Å². The lowest BCUT2D eigenvalue weighted by atomic mass is 10.1. The lowest BCUT2D eigenvalue weighted by Crippen LogP contribution is -2.43. The number of guanidine groups is 1. The van der Waals surface area contributed by atoms with Gasteiger partial charge < -0.3 is 16.0 Å². The minimum absolute atomic E-state index is 0. The second-order valence-corrected chi connectivity index (χ2v) is 6.88. The lowest BCUT2D eigenvalue weighted by molar-refractivity contribution is -0.128. The molecule has 6 nitrogen and oxygen atoms in total. The van der Waals surface area contributed by atoms with Crippen molar-refractivity contribution in [1.29, 1.82) is 0 Å². The van der Waals surface area contributed by atoms with E-state index >= 15 is 0 Å². The zero-order chi connectivity index (χ0) is 15.5. The molecule has 2 heterocycles. The normalized spacial score (nSPS) is 29.0. The SMILES string of the molecule is CCN1CCCC1CNC(N)=NCC1CC(=O)N(C2CC2)C1.I. The van der Waals surface area contributed by atoms with Gasteiger partial charge in [-0.1, -0.05) is 6.92 Å². The molecule has 2 unspecified atom stereocenters. The molecule has 0 spiro atoms. The summed E-state index contributed by atoms with van der Waals surface area (Å²) >= 11 is 0. The zero-order valence-corrected chi connectivity index (χ0v) is 16.4. The molecule has 0 bridgehead atoms. The molecule has 132 valence electrons. The van der Waals surface area contributed by atoms with Gasteiger partial charge in [0.05, 0.1) is 0 Å². The van der Waals surface area contributed by atoms with Crippen LogP contribution in [0.1, 0.15) is 39.0 Å². The van der Waals surface area contributed by atoms with Crippen LogP contribution in [0.3, 0.4) is 0 Å². The lowest BCUT2D eigenvalue weighted by Gasteiger charge is -2.23. The molecule has 1 aliphatic carbocycles. The Kier molecular flexibility index (Phi) is 6.94. The van der Waals surface area contributed by atoms with Crippen LogP contribution in [0.15, 0.2) is 4.99 Å². The van der Waals surface area contributed by atoms with Crippen molar-refractivity contribution in [2.75, 3.05) is 32.7 Å². The fourth-order valence-corrected chi connectivity index (χ4v) is 3.72. The van der Waals surface area contributed by atoms with Crippen LogP contribution in [0, 0.1) is 5.92 Å². The third-order valence-corrected chi connectivity index (χ3v) is 5.17. The molecule has 1 saturated carbocycles. The molecule has 2 atom stereocenters. The summed E-state index contributed by atoms with van der Waals surface area (Å²) in [7, 11) is 0. The second kappa shape index (κ2) is 8.50. The first-order valence-electron chi connectivity index (χ1n) is 8.74. The van der Waals surface area contributed by atoms with Gasteiger partial charge in [-0.3, -0.25) is 14.7 Å². The molecule has 2 aliphatic heterocycles. The Morgan fingerprint density at radius 3 is 2.87 bits per heavy atom. The first-order valence-corrected chi connectivity index (χ1v) is 8.74. The van der Waals surface area contributed by atoms with Crippen molar-refractivity contribution >= 4 is 35.8 Å². The van der Waals surface area contributed by atoms with Crippen LogP contribution in [-0.4, -0.2) is 66.5 Å². The van der Waals surface area contributed by atoms with Crippen molar-refractivity contribution < 1.29 is 4.79 Å². The summed E-state index contributed by atoms with van der Waals surface area (Å²) in [5, 5.41) is 3.26. The summed E-state index contributed by atoms with van der Waals surface area (Å²) in [5.74, 6) is 1.17. The molecule has 0 aromatic carbocycles. The number of aliphatic imine (C=N–C) groups is 1. The second-order valence-electron chi connectivity index (χ2n) is 6.88. The van der Waals surface area contributed by atoms with Gasteiger partial charge in [0.25, 0.3) is 0 Å². The van der Waals surface area contributed by atoms with Crippen LogP contribution in [-0.2, 0) is 4.79 Å². The van der Waals surface area contributed by atoms with Crippen LogP contribution < -0.4 is 11.1 Å². The maximum Gasteiger partial charge on any atom is 0.223 e. The van der Waals surface area contributed by atoms with Crippen molar-refractivity contribution in [2.24, 2.45) is 16.6 Å². The Morgan fingerprint density at radius 1 is 1.39 bits per heavy atom. The number of rotatable bonds is 6. The van der Waals surface area contributed by atoms with Crippen molar-refractivity contribution in [3.05, 3.63) is 0 Å². The molecule has 23 heavy (non-hydrogen) atoms. The van der Waals surface area contributed by atoms with E-state index in [2.05, 4.69) is 22.1 Å². The molecule has 7 heteroatoms. The van der Waals surface area contributed by atoms with E-state index in [1.54, 1.807) is 0 Å². The third kappa shape index (κ3) is 4.95. The maximum absolute atomic E-state index is 11.9. The number of nitrogens with two attached hydrogens (primary N) is 1. The maximum atomic E-state index is 11.9. The van der Waals surface area contributed by atoms with Crippen LogP contribution in [0.4, 0.5) is 0 Å². The highest BCUT2D eigenvalue weighted by molar-refractivity contribution is 14.0. The van der Waals surface area contributed by atoms with Crippen molar-refractivity contribution in [3.8, 4) is 0 Å². The van der Waals surface area contributed by atoms with Gasteiger partial charge in [0, 0.05) is 44.1 Å². The summed E-state index contributed by atoms with van der Waals surface area (Å²) in [6.45, 7) is 6.91. The number of hydrogen-bond donors (Lipinski definition) is 2. The third-order valence-electron chi connectivity index (χ3n) is 5.17. The predicted octanol–water partition coefficient (Wildman–Crippen LogP) is 1.00. The van der Waals surface area contributed by atoms with E-state index in [9.17, 15) is 4.79 Å². The minimum atomic E-state index is 0. The molecule has 2 saturated heterocycles. The standard InChI is InChI=1S/C16H29N5O.HI/c1-2-20-7-3-4-14(20)10-19-16(17)18-9-12-8-15(22)21(11-12)13-5-6-13;/h12-14H,2-11H2,1H3,(H3,17,18,19);1H. The van der Waals surface area contributed by atoms with Crippen molar-refractivity contribution in [2.45, 2.75) is 51.1 Å². The van der Waals surface area contributed by atoms with Gasteiger partial charge in [-0.25, -0.2) is 0 Å². The average molecular weight is 435 g/mol. The van der Waals surface area contributed by atoms with E-state index in [4.69, 9.17) is 5.73 Å². The molecule has 0 aromatic heterocycles. The van der Waals surface area contributed by atoms with Crippen LogP contribution in [0.25, 0.3) is 0 Å². The molecule has 3 aliphatic rings. The summed E-state index contributed by atoms with van der Waals surface area (Å²) in [6.07, 6.45) is 5.51. The van der Waals surface area contributed by atoms with Crippen molar-refractivity contribution in [3.63, 3.8) is 0 Å². The molecule has 3 fully saturated rings. The quantitative estimate of drug-likeness (QED) is 0.371. The Balaban J connectivity index is 0.00000192. The average Bonchev–Trinajstić information content (AvgIpc) is 3.13. The largest absolute Gasteiger partial charge is 0.370 e. The Morgan fingerprint density at radius 2 is 2.17 bits per heavy atom. The van der Waals surface area contributed by atoms with Gasteiger partial charge in [0.15, 0.2) is 5.96 Å². The molecular weight excluding hydrogens is 405 g/mol. The zero-order valence-electron chi connectivity index (χ0n) is 14.0. The summed E-state index contributed by atoms with van der Waals surface area (Å²) in [6, 6.07) is 1.11. The van der Waals surface area contributed by atoms with Gasteiger partial charge in [-0.05, 0) is 38.8 Å². The topological polar surface area (TPSA) is 74.0 Å². The number of likely N-dealkylation sites (N-methyl/N-ethyl adjacent to an activating group) is 1. The first-order chi connectivity index (χ1) is 10.7. The monoisotopic (exact) mass is 435 g/mol. The molecule has 3 N–H and O–H groups in total. The number of hydrogen-bond acceptors (Lipinski definition) is 3. The summed E-state index contributed by atoms with van der Waals surface area (Å²) in [4.78, 5) is 20.9. The first kappa shape index (κ1) is 18.8. The highest BCUT2D eigenvalue weighted by Crippen LogP contribution is 2.32. The number of nitrogens with zero attached hydrogens (tertiary/aromatic N) is 3. The fourth-order valence-electron chi connectivity index (χ4n) is 3.72. The van der Waals surface area contributed by atoms with E-state index in [0.717, 1.165) is 19.6 Å². The Bertz CT molecular complexity index is 440. The fraction of sp³-hybridized carbons (Fsp3) is 0.875. The number of carbonyl (C=O) groups is 1. The number of amides is 1. The van der Waals surface area contributed by atoms with E-state index in [1.165, 1.54) is 32.2 Å². The molecular formula is C16H30IN5O. The smallest absolute Gasteiger partial charge is 0.223 e. The van der Waals surface area contributed by atoms with Gasteiger partial charge in [0.2, 0.25) is 5.91 Å². The van der Waals surface area contributed by atoms with Crippen LogP contribution in [0.2, 0.25) is 0 Å². The highest BCUT2D eigenvalue weighted by atomic mass is 127. The van der Waals surface area contributed by atoms with Gasteiger partial charge in [-0.2, -0.15) is 0 Å². The number of likely N-dealkylation sites (tertiary alicyclic amines) is 2. The summed E-state index contributed by atoms with van der Waals surface area (Å²) in [5.41, 5.74) is 5.98. The Hall–Kier alpha value is -0.570. The van der Waals surface area contributed by atoms with E-state index < -0.39 is 0 Å². The predicted molar refractivity (Wildman–Crippen MR) is 103 cm³/mol. The number of carbonyl (C=O) groups excluding carboxylic acids is 1. The van der Waals surface area contributed by atoms with Gasteiger partial charge >= 0.3 is 0 Å². The van der Waals surface area contributed by atoms with Gasteiger partial charge in [-0.15, -0.1) is 24.0 Å². The van der Waals surface area contributed by atoms with Gasteiger partial charge in [0.1, 0.15) is 0 Å². The molecule has 1 amide bonds. The van der Waals surface area contributed by atoms with Crippen LogP contribution in [0.5, 0.6) is 0 Å². The molecule has 3 rings (SSSR count). The molecule has 0 aromatic rings. The number of nitrogens with one attached hydrogen (secondary N) is 1. The molecule has 0 radical (unpaired) electrons. The van der Waals surface area contributed by atoms with E-state index in [-0.39, 0.29) is 24.0 Å².